The van der Waals surface area contributed by atoms with Gasteiger partial charge in [-0.05, 0) is 51.4 Å². The van der Waals surface area contributed by atoms with E-state index in [0.717, 1.165) is 62.2 Å². The standard InChI is InChI=1S/C17H23N7O/c1-2-24-15(19-9-20-24)13(10-7-8-10)22-16(25)14-11-5-3-4-6-12(11)21-17(18)23-14/h9-10,13H,2-8H2,1H3,(H,22,25)(H2,18,21,23)/t13-/m0/s1. The molecular formula is C17H23N7O. The highest BCUT2D eigenvalue weighted by Crippen LogP contribution is 2.40. The summed E-state index contributed by atoms with van der Waals surface area (Å²) < 4.78 is 1.84. The molecule has 0 bridgehead atoms. The lowest BCUT2D eigenvalue weighted by molar-refractivity contribution is 0.0922. The molecule has 2 aromatic heterocycles. The van der Waals surface area contributed by atoms with Gasteiger partial charge in [-0.25, -0.2) is 19.6 Å². The number of carbonyl (C=O) groups is 1. The number of nitrogens with two attached hydrogens (primary N) is 1. The Labute approximate surface area is 146 Å². The van der Waals surface area contributed by atoms with Crippen molar-refractivity contribution in [3.63, 3.8) is 0 Å². The van der Waals surface area contributed by atoms with E-state index in [1.807, 2.05) is 11.6 Å². The lowest BCUT2D eigenvalue weighted by Gasteiger charge is -2.21. The molecule has 2 aliphatic rings. The Hall–Kier alpha value is -2.51. The fourth-order valence-corrected chi connectivity index (χ4v) is 3.59. The molecule has 0 radical (unpaired) electrons. The van der Waals surface area contributed by atoms with Gasteiger partial charge < -0.3 is 11.1 Å². The highest BCUT2D eigenvalue weighted by molar-refractivity contribution is 5.94. The average molecular weight is 341 g/mol. The largest absolute Gasteiger partial charge is 0.368 e. The van der Waals surface area contributed by atoms with Gasteiger partial charge in [0, 0.05) is 17.8 Å². The van der Waals surface area contributed by atoms with Gasteiger partial charge in [0.05, 0.1) is 6.04 Å². The van der Waals surface area contributed by atoms with Crippen LogP contribution in [0.4, 0.5) is 5.95 Å². The van der Waals surface area contributed by atoms with Crippen LogP contribution in [0.3, 0.4) is 0 Å². The lowest BCUT2D eigenvalue weighted by Crippen LogP contribution is -2.34. The number of nitrogen functional groups attached to an aromatic ring is 1. The minimum Gasteiger partial charge on any atom is -0.368 e. The van der Waals surface area contributed by atoms with E-state index >= 15 is 0 Å². The van der Waals surface area contributed by atoms with E-state index in [0.29, 0.717) is 11.6 Å². The van der Waals surface area contributed by atoms with Crippen molar-refractivity contribution < 1.29 is 4.79 Å². The molecule has 0 aliphatic heterocycles. The molecule has 3 N–H and O–H groups in total. The molecule has 132 valence electrons. The number of hydrogen-bond acceptors (Lipinski definition) is 6. The third-order valence-corrected chi connectivity index (χ3v) is 5.02. The predicted molar refractivity (Wildman–Crippen MR) is 91.7 cm³/mol. The van der Waals surface area contributed by atoms with E-state index in [2.05, 4.69) is 25.4 Å². The molecule has 0 aromatic carbocycles. The van der Waals surface area contributed by atoms with Crippen LogP contribution in [0.25, 0.3) is 0 Å². The maximum atomic E-state index is 13.0. The zero-order chi connectivity index (χ0) is 17.4. The van der Waals surface area contributed by atoms with Crippen molar-refractivity contribution in [3.8, 4) is 0 Å². The van der Waals surface area contributed by atoms with Crippen LogP contribution in [-0.2, 0) is 19.4 Å². The van der Waals surface area contributed by atoms with Gasteiger partial charge in [0.15, 0.2) is 0 Å². The van der Waals surface area contributed by atoms with Crippen LogP contribution in [-0.4, -0.2) is 30.6 Å². The second kappa shape index (κ2) is 6.42. The van der Waals surface area contributed by atoms with E-state index in [4.69, 9.17) is 5.73 Å². The number of anilines is 1. The summed E-state index contributed by atoms with van der Waals surface area (Å²) in [6.45, 7) is 2.75. The Morgan fingerprint density at radius 3 is 2.92 bits per heavy atom. The molecule has 8 nitrogen and oxygen atoms in total. The molecule has 0 saturated heterocycles. The smallest absolute Gasteiger partial charge is 0.270 e. The molecule has 8 heteroatoms. The number of amides is 1. The fourth-order valence-electron chi connectivity index (χ4n) is 3.59. The SMILES string of the molecule is CCn1ncnc1[C@@H](NC(=O)c1nc(N)nc2c1CCCC2)C1CC1. The lowest BCUT2D eigenvalue weighted by atomic mass is 9.94. The molecule has 1 atom stereocenters. The molecule has 0 spiro atoms. The zero-order valence-corrected chi connectivity index (χ0v) is 14.4. The summed E-state index contributed by atoms with van der Waals surface area (Å²) in [5, 5.41) is 7.38. The predicted octanol–water partition coefficient (Wildman–Crippen LogP) is 1.43. The third-order valence-electron chi connectivity index (χ3n) is 5.02. The minimum atomic E-state index is -0.185. The summed E-state index contributed by atoms with van der Waals surface area (Å²) in [6.07, 6.45) is 7.55. The Balaban J connectivity index is 1.64. The van der Waals surface area contributed by atoms with Crippen molar-refractivity contribution >= 4 is 11.9 Å². The minimum absolute atomic E-state index is 0.134. The van der Waals surface area contributed by atoms with Crippen LogP contribution in [0.1, 0.15) is 66.2 Å². The van der Waals surface area contributed by atoms with Crippen LogP contribution in [0.15, 0.2) is 6.33 Å². The van der Waals surface area contributed by atoms with Crippen molar-refractivity contribution in [1.29, 1.82) is 0 Å². The van der Waals surface area contributed by atoms with Crippen molar-refractivity contribution in [2.45, 2.75) is 58.0 Å². The van der Waals surface area contributed by atoms with E-state index in [-0.39, 0.29) is 17.9 Å². The van der Waals surface area contributed by atoms with Crippen LogP contribution >= 0.6 is 0 Å². The molecule has 4 rings (SSSR count). The molecule has 1 saturated carbocycles. The Morgan fingerprint density at radius 1 is 1.36 bits per heavy atom. The summed E-state index contributed by atoms with van der Waals surface area (Å²) in [4.78, 5) is 25.9. The average Bonchev–Trinajstić information content (AvgIpc) is 3.35. The summed E-state index contributed by atoms with van der Waals surface area (Å²) in [5.41, 5.74) is 8.13. The fraction of sp³-hybridized carbons (Fsp3) is 0.588. The third kappa shape index (κ3) is 3.08. The first kappa shape index (κ1) is 16.0. The van der Waals surface area contributed by atoms with Gasteiger partial charge in [0.1, 0.15) is 17.8 Å². The molecule has 0 unspecified atom stereocenters. The number of nitrogens with zero attached hydrogens (tertiary/aromatic N) is 5. The molecule has 2 aromatic rings. The van der Waals surface area contributed by atoms with E-state index in [9.17, 15) is 4.79 Å². The molecular weight excluding hydrogens is 318 g/mol. The quantitative estimate of drug-likeness (QED) is 0.851. The number of rotatable bonds is 5. The zero-order valence-electron chi connectivity index (χ0n) is 14.4. The van der Waals surface area contributed by atoms with Gasteiger partial charge in [-0.2, -0.15) is 5.10 Å². The van der Waals surface area contributed by atoms with Crippen molar-refractivity contribution in [2.24, 2.45) is 5.92 Å². The number of aromatic nitrogens is 5. The van der Waals surface area contributed by atoms with Crippen LogP contribution in [0, 0.1) is 5.92 Å². The number of carbonyl (C=O) groups excluding carboxylic acids is 1. The summed E-state index contributed by atoms with van der Waals surface area (Å²) in [5.74, 6) is 1.21. The first-order valence-corrected chi connectivity index (χ1v) is 9.01. The van der Waals surface area contributed by atoms with Crippen molar-refractivity contribution in [1.82, 2.24) is 30.0 Å². The molecule has 25 heavy (non-hydrogen) atoms. The number of nitrogens with one attached hydrogen (secondary N) is 1. The number of fused-ring (bicyclic) bond motifs is 1. The van der Waals surface area contributed by atoms with Crippen molar-refractivity contribution in [2.75, 3.05) is 5.73 Å². The Kier molecular flexibility index (Phi) is 4.10. The number of aryl methyl sites for hydroxylation is 2. The van der Waals surface area contributed by atoms with Gasteiger partial charge in [-0.3, -0.25) is 4.79 Å². The first-order chi connectivity index (χ1) is 12.2. The number of hydrogen-bond donors (Lipinski definition) is 2. The van der Waals surface area contributed by atoms with Crippen LogP contribution in [0.2, 0.25) is 0 Å². The molecule has 1 fully saturated rings. The normalized spacial score (nSPS) is 17.8. The van der Waals surface area contributed by atoms with E-state index < -0.39 is 0 Å². The summed E-state index contributed by atoms with van der Waals surface area (Å²) in [6, 6.07) is -0.134. The van der Waals surface area contributed by atoms with Crippen molar-refractivity contribution in [3.05, 3.63) is 29.1 Å². The second-order valence-corrected chi connectivity index (χ2v) is 6.79. The maximum absolute atomic E-state index is 13.0. The highest BCUT2D eigenvalue weighted by atomic mass is 16.2. The van der Waals surface area contributed by atoms with Gasteiger partial charge in [0.25, 0.3) is 5.91 Å². The molecule has 2 aliphatic carbocycles. The second-order valence-electron chi connectivity index (χ2n) is 6.79. The topological polar surface area (TPSA) is 112 Å². The van der Waals surface area contributed by atoms with Gasteiger partial charge >= 0.3 is 0 Å². The van der Waals surface area contributed by atoms with E-state index in [1.54, 1.807) is 6.33 Å². The van der Waals surface area contributed by atoms with Crippen LogP contribution < -0.4 is 11.1 Å². The highest BCUT2D eigenvalue weighted by Gasteiger charge is 2.37. The van der Waals surface area contributed by atoms with Gasteiger partial charge in [0.2, 0.25) is 5.95 Å². The van der Waals surface area contributed by atoms with E-state index in [1.165, 1.54) is 0 Å². The van der Waals surface area contributed by atoms with Gasteiger partial charge in [-0.15, -0.1) is 0 Å². The summed E-state index contributed by atoms with van der Waals surface area (Å²) >= 11 is 0. The van der Waals surface area contributed by atoms with Crippen LogP contribution in [0.5, 0.6) is 0 Å². The van der Waals surface area contributed by atoms with Gasteiger partial charge in [-0.1, -0.05) is 0 Å². The maximum Gasteiger partial charge on any atom is 0.270 e. The summed E-state index contributed by atoms with van der Waals surface area (Å²) in [7, 11) is 0. The first-order valence-electron chi connectivity index (χ1n) is 9.01. The monoisotopic (exact) mass is 341 g/mol. The Morgan fingerprint density at radius 2 is 2.16 bits per heavy atom. The molecule has 2 heterocycles. The Bertz CT molecular complexity index is 796. The molecule has 1 amide bonds.